The van der Waals surface area contributed by atoms with Crippen molar-refractivity contribution in [2.24, 2.45) is 16.7 Å². The van der Waals surface area contributed by atoms with E-state index in [9.17, 15) is 4.79 Å². The monoisotopic (exact) mass is 280 g/mol. The summed E-state index contributed by atoms with van der Waals surface area (Å²) in [6.07, 6.45) is 2.48. The Morgan fingerprint density at radius 3 is 2.10 bits per heavy atom. The first-order chi connectivity index (χ1) is 8.96. The van der Waals surface area contributed by atoms with E-state index >= 15 is 0 Å². The smallest absolute Gasteiger partial charge is 0.437 e. The van der Waals surface area contributed by atoms with Crippen LogP contribution >= 0.6 is 0 Å². The van der Waals surface area contributed by atoms with Gasteiger partial charge in [0.1, 0.15) is 5.76 Å². The molecule has 1 aliphatic rings. The summed E-state index contributed by atoms with van der Waals surface area (Å²) in [5, 5.41) is 0. The van der Waals surface area contributed by atoms with Crippen molar-refractivity contribution in [3.05, 3.63) is 23.0 Å². The lowest BCUT2D eigenvalue weighted by atomic mass is 9.72. The Morgan fingerprint density at radius 2 is 1.70 bits per heavy atom. The van der Waals surface area contributed by atoms with Crippen molar-refractivity contribution < 1.29 is 14.3 Å². The molecule has 20 heavy (non-hydrogen) atoms. The van der Waals surface area contributed by atoms with Gasteiger partial charge < -0.3 is 9.47 Å². The third kappa shape index (κ3) is 3.87. The number of carbonyl (C=O) groups is 1. The zero-order valence-corrected chi connectivity index (χ0v) is 14.1. The van der Waals surface area contributed by atoms with Crippen LogP contribution < -0.4 is 0 Å². The van der Waals surface area contributed by atoms with E-state index in [4.69, 9.17) is 4.74 Å². The van der Waals surface area contributed by atoms with Crippen LogP contribution in [0, 0.1) is 16.7 Å². The second-order valence-electron chi connectivity index (χ2n) is 7.61. The van der Waals surface area contributed by atoms with E-state index in [0.29, 0.717) is 0 Å². The van der Waals surface area contributed by atoms with Gasteiger partial charge in [-0.3, -0.25) is 0 Å². The molecular weight excluding hydrogens is 252 g/mol. The van der Waals surface area contributed by atoms with Crippen molar-refractivity contribution in [2.75, 3.05) is 7.11 Å². The SMILES string of the molecule is COC(=O)OC1=C(C(C)(C)C)C=C(C(C)(C)C)CC1C. The lowest BCUT2D eigenvalue weighted by Gasteiger charge is -2.35. The van der Waals surface area contributed by atoms with Crippen LogP contribution in [0.1, 0.15) is 54.9 Å². The minimum absolute atomic E-state index is 0.0749. The normalized spacial score (nSPS) is 20.6. The van der Waals surface area contributed by atoms with Gasteiger partial charge in [0, 0.05) is 5.92 Å². The molecule has 0 N–H and O–H groups in total. The summed E-state index contributed by atoms with van der Waals surface area (Å²) in [6.45, 7) is 15.2. The predicted octanol–water partition coefficient (Wildman–Crippen LogP) is 5.08. The molecule has 0 fully saturated rings. The average Bonchev–Trinajstić information content (AvgIpc) is 2.28. The fourth-order valence-corrected chi connectivity index (χ4v) is 2.39. The largest absolute Gasteiger partial charge is 0.513 e. The summed E-state index contributed by atoms with van der Waals surface area (Å²) >= 11 is 0. The molecule has 0 aromatic rings. The van der Waals surface area contributed by atoms with Crippen LogP contribution in [0.25, 0.3) is 0 Å². The van der Waals surface area contributed by atoms with Gasteiger partial charge in [0.05, 0.1) is 7.11 Å². The van der Waals surface area contributed by atoms with E-state index in [1.165, 1.54) is 12.7 Å². The summed E-state index contributed by atoms with van der Waals surface area (Å²) in [4.78, 5) is 11.5. The van der Waals surface area contributed by atoms with Gasteiger partial charge in [-0.05, 0) is 22.8 Å². The molecule has 0 saturated heterocycles. The minimum Gasteiger partial charge on any atom is -0.437 e. The molecule has 1 unspecified atom stereocenters. The Labute approximate surface area is 123 Å². The molecule has 0 aromatic carbocycles. The van der Waals surface area contributed by atoms with Crippen molar-refractivity contribution in [2.45, 2.75) is 54.9 Å². The van der Waals surface area contributed by atoms with Crippen molar-refractivity contribution >= 4 is 6.16 Å². The molecule has 0 aliphatic heterocycles. The number of allylic oxidation sites excluding steroid dienone is 4. The maximum atomic E-state index is 11.5. The highest BCUT2D eigenvalue weighted by Gasteiger charge is 2.33. The Hall–Kier alpha value is -1.25. The fourth-order valence-electron chi connectivity index (χ4n) is 2.39. The van der Waals surface area contributed by atoms with Crippen molar-refractivity contribution in [3.8, 4) is 0 Å². The number of hydrogen-bond acceptors (Lipinski definition) is 3. The summed E-state index contributed by atoms with van der Waals surface area (Å²) < 4.78 is 10.1. The van der Waals surface area contributed by atoms with Crippen molar-refractivity contribution in [1.82, 2.24) is 0 Å². The Balaban J connectivity index is 3.33. The molecule has 3 nitrogen and oxygen atoms in total. The lowest BCUT2D eigenvalue weighted by Crippen LogP contribution is -2.25. The lowest BCUT2D eigenvalue weighted by molar-refractivity contribution is 0.0867. The van der Waals surface area contributed by atoms with E-state index in [1.54, 1.807) is 0 Å². The molecule has 3 heteroatoms. The zero-order chi connectivity index (χ0) is 15.7. The van der Waals surface area contributed by atoms with Crippen LogP contribution in [0.4, 0.5) is 4.79 Å². The van der Waals surface area contributed by atoms with E-state index in [0.717, 1.165) is 17.8 Å². The Kier molecular flexibility index (Phi) is 4.73. The van der Waals surface area contributed by atoms with Crippen LogP contribution in [0.15, 0.2) is 23.0 Å². The van der Waals surface area contributed by atoms with Crippen molar-refractivity contribution in [1.29, 1.82) is 0 Å². The van der Waals surface area contributed by atoms with Crippen LogP contribution in [-0.4, -0.2) is 13.3 Å². The molecule has 0 amide bonds. The topological polar surface area (TPSA) is 35.5 Å². The quantitative estimate of drug-likeness (QED) is 0.628. The predicted molar refractivity (Wildman–Crippen MR) is 81.3 cm³/mol. The average molecular weight is 280 g/mol. The highest BCUT2D eigenvalue weighted by molar-refractivity contribution is 5.62. The number of ether oxygens (including phenoxy) is 2. The summed E-state index contributed by atoms with van der Waals surface area (Å²) in [5.74, 6) is 0.930. The third-order valence-electron chi connectivity index (χ3n) is 3.69. The van der Waals surface area contributed by atoms with Gasteiger partial charge in [0.2, 0.25) is 0 Å². The minimum atomic E-state index is -0.638. The molecule has 0 aromatic heterocycles. The first-order valence-corrected chi connectivity index (χ1v) is 7.18. The van der Waals surface area contributed by atoms with Gasteiger partial charge in [-0.25, -0.2) is 4.79 Å². The third-order valence-corrected chi connectivity index (χ3v) is 3.69. The second-order valence-corrected chi connectivity index (χ2v) is 7.61. The Bertz CT molecular complexity index is 442. The first-order valence-electron chi connectivity index (χ1n) is 7.18. The molecule has 0 spiro atoms. The van der Waals surface area contributed by atoms with E-state index in [-0.39, 0.29) is 16.7 Å². The van der Waals surface area contributed by atoms with Crippen molar-refractivity contribution in [3.63, 3.8) is 0 Å². The molecule has 0 radical (unpaired) electrons. The summed E-state index contributed by atoms with van der Waals surface area (Å²) in [5.41, 5.74) is 2.54. The standard InChI is InChI=1S/C17H28O3/c1-11-9-12(16(2,3)4)10-13(17(5,6)7)14(11)20-15(18)19-8/h10-11H,9H2,1-8H3. The van der Waals surface area contributed by atoms with Gasteiger partial charge in [-0.15, -0.1) is 0 Å². The molecule has 114 valence electrons. The van der Waals surface area contributed by atoms with Gasteiger partial charge in [-0.1, -0.05) is 60.1 Å². The maximum absolute atomic E-state index is 11.5. The zero-order valence-electron chi connectivity index (χ0n) is 14.1. The first kappa shape index (κ1) is 16.8. The molecule has 0 heterocycles. The number of hydrogen-bond donors (Lipinski definition) is 0. The number of carbonyl (C=O) groups excluding carboxylic acids is 1. The van der Waals surface area contributed by atoms with Crippen LogP contribution in [0.3, 0.4) is 0 Å². The van der Waals surface area contributed by atoms with Gasteiger partial charge in [0.15, 0.2) is 0 Å². The fraction of sp³-hybridized carbons (Fsp3) is 0.706. The van der Waals surface area contributed by atoms with E-state index < -0.39 is 6.16 Å². The maximum Gasteiger partial charge on any atom is 0.513 e. The van der Waals surface area contributed by atoms with Gasteiger partial charge in [0.25, 0.3) is 0 Å². The van der Waals surface area contributed by atoms with E-state index in [2.05, 4.69) is 59.3 Å². The molecule has 0 saturated carbocycles. The highest BCUT2D eigenvalue weighted by Crippen LogP contribution is 2.43. The van der Waals surface area contributed by atoms with Gasteiger partial charge in [-0.2, -0.15) is 0 Å². The van der Waals surface area contributed by atoms with Crippen LogP contribution in [0.5, 0.6) is 0 Å². The summed E-state index contributed by atoms with van der Waals surface area (Å²) in [7, 11) is 1.34. The van der Waals surface area contributed by atoms with Crippen LogP contribution in [-0.2, 0) is 9.47 Å². The number of methoxy groups -OCH3 is 1. The summed E-state index contributed by atoms with van der Waals surface area (Å²) in [6, 6.07) is 0. The second kappa shape index (κ2) is 5.63. The van der Waals surface area contributed by atoms with E-state index in [1.807, 2.05) is 0 Å². The molecule has 1 rings (SSSR count). The van der Waals surface area contributed by atoms with Crippen LogP contribution in [0.2, 0.25) is 0 Å². The molecule has 1 aliphatic carbocycles. The van der Waals surface area contributed by atoms with Gasteiger partial charge >= 0.3 is 6.16 Å². The highest BCUT2D eigenvalue weighted by atomic mass is 16.7. The molecule has 1 atom stereocenters. The Morgan fingerprint density at radius 1 is 1.15 bits per heavy atom. The molecule has 0 bridgehead atoms. The number of rotatable bonds is 1. The molecular formula is C17H28O3.